The number of benzene rings is 1. The van der Waals surface area contributed by atoms with Gasteiger partial charge >= 0.3 is 0 Å². The highest BCUT2D eigenvalue weighted by Gasteiger charge is 2.21. The maximum atomic E-state index is 3.67. The van der Waals surface area contributed by atoms with Crippen molar-refractivity contribution in [2.75, 3.05) is 0 Å². The van der Waals surface area contributed by atoms with Crippen molar-refractivity contribution < 1.29 is 0 Å². The Kier molecular flexibility index (Phi) is 3.92. The van der Waals surface area contributed by atoms with E-state index < -0.39 is 0 Å². The highest BCUT2D eigenvalue weighted by atomic mass is 15.0. The molecule has 0 saturated carbocycles. The molecule has 0 aromatic heterocycles. The number of hydrogen-bond acceptors (Lipinski definition) is 1. The van der Waals surface area contributed by atoms with Gasteiger partial charge in [-0.3, -0.25) is 0 Å². The van der Waals surface area contributed by atoms with E-state index in [-0.39, 0.29) is 5.54 Å². The number of hydrogen-bond donors (Lipinski definition) is 1. The summed E-state index contributed by atoms with van der Waals surface area (Å²) in [6.45, 7) is 11.2. The molecule has 1 unspecified atom stereocenters. The van der Waals surface area contributed by atoms with Gasteiger partial charge in [-0.1, -0.05) is 44.2 Å². The van der Waals surface area contributed by atoms with Gasteiger partial charge in [-0.2, -0.15) is 0 Å². The molecule has 15 heavy (non-hydrogen) atoms. The van der Waals surface area contributed by atoms with Gasteiger partial charge in [0.15, 0.2) is 0 Å². The van der Waals surface area contributed by atoms with Crippen molar-refractivity contribution in [1.29, 1.82) is 0 Å². The van der Waals surface area contributed by atoms with Gasteiger partial charge in [0.25, 0.3) is 0 Å². The minimum atomic E-state index is 0.158. The van der Waals surface area contributed by atoms with Crippen LogP contribution in [0.15, 0.2) is 30.3 Å². The first-order valence-electron chi connectivity index (χ1n) is 5.73. The van der Waals surface area contributed by atoms with E-state index in [9.17, 15) is 0 Å². The van der Waals surface area contributed by atoms with Crippen LogP contribution < -0.4 is 5.32 Å². The van der Waals surface area contributed by atoms with Crippen LogP contribution in [0.2, 0.25) is 0 Å². The third-order valence-corrected chi connectivity index (χ3v) is 2.41. The highest BCUT2D eigenvalue weighted by molar-refractivity contribution is 5.19. The lowest BCUT2D eigenvalue weighted by Gasteiger charge is -2.31. The average Bonchev–Trinajstić information content (AvgIpc) is 2.14. The lowest BCUT2D eigenvalue weighted by molar-refractivity contribution is 0.308. The topological polar surface area (TPSA) is 12.0 Å². The summed E-state index contributed by atoms with van der Waals surface area (Å²) >= 11 is 0. The Morgan fingerprint density at radius 2 is 1.53 bits per heavy atom. The Morgan fingerprint density at radius 3 is 1.93 bits per heavy atom. The van der Waals surface area contributed by atoms with Crippen LogP contribution in [-0.4, -0.2) is 5.54 Å². The summed E-state index contributed by atoms with van der Waals surface area (Å²) in [4.78, 5) is 0. The molecule has 0 amide bonds. The second kappa shape index (κ2) is 4.80. The van der Waals surface area contributed by atoms with Crippen molar-refractivity contribution in [3.63, 3.8) is 0 Å². The Labute approximate surface area is 93.9 Å². The minimum absolute atomic E-state index is 0.158. The van der Waals surface area contributed by atoms with Gasteiger partial charge in [-0.05, 0) is 32.3 Å². The van der Waals surface area contributed by atoms with E-state index in [1.165, 1.54) is 5.56 Å². The van der Waals surface area contributed by atoms with Crippen molar-refractivity contribution in [3.05, 3.63) is 35.9 Å². The molecule has 0 aliphatic rings. The SMILES string of the molecule is CC(C)C(NC(C)(C)C)c1ccccc1. The maximum absolute atomic E-state index is 3.67. The van der Waals surface area contributed by atoms with E-state index >= 15 is 0 Å². The normalized spacial score (nSPS) is 14.3. The van der Waals surface area contributed by atoms with Gasteiger partial charge in [-0.15, -0.1) is 0 Å². The average molecular weight is 205 g/mol. The van der Waals surface area contributed by atoms with Crippen molar-refractivity contribution in [2.45, 2.75) is 46.2 Å². The molecule has 1 rings (SSSR count). The summed E-state index contributed by atoms with van der Waals surface area (Å²) in [5.74, 6) is 0.603. The van der Waals surface area contributed by atoms with Crippen molar-refractivity contribution in [3.8, 4) is 0 Å². The molecule has 0 radical (unpaired) electrons. The largest absolute Gasteiger partial charge is 0.305 e. The van der Waals surface area contributed by atoms with Gasteiger partial charge < -0.3 is 5.32 Å². The zero-order valence-electron chi connectivity index (χ0n) is 10.5. The van der Waals surface area contributed by atoms with Crippen molar-refractivity contribution in [1.82, 2.24) is 5.32 Å². The van der Waals surface area contributed by atoms with Gasteiger partial charge in [0.1, 0.15) is 0 Å². The number of rotatable bonds is 3. The van der Waals surface area contributed by atoms with E-state index in [0.29, 0.717) is 12.0 Å². The minimum Gasteiger partial charge on any atom is -0.305 e. The summed E-state index contributed by atoms with van der Waals surface area (Å²) < 4.78 is 0. The van der Waals surface area contributed by atoms with E-state index in [2.05, 4.69) is 70.3 Å². The van der Waals surface area contributed by atoms with Crippen LogP contribution in [0.1, 0.15) is 46.2 Å². The summed E-state index contributed by atoms with van der Waals surface area (Å²) in [5, 5.41) is 3.67. The zero-order valence-corrected chi connectivity index (χ0v) is 10.5. The molecule has 84 valence electrons. The molecular weight excluding hydrogens is 182 g/mol. The van der Waals surface area contributed by atoms with Gasteiger partial charge in [0.2, 0.25) is 0 Å². The summed E-state index contributed by atoms with van der Waals surface area (Å²) in [6.07, 6.45) is 0. The Morgan fingerprint density at radius 1 is 1.00 bits per heavy atom. The molecule has 1 aromatic carbocycles. The van der Waals surface area contributed by atoms with E-state index in [1.54, 1.807) is 0 Å². The molecular formula is C14H23N. The van der Waals surface area contributed by atoms with Gasteiger partial charge in [0, 0.05) is 11.6 Å². The first kappa shape index (κ1) is 12.3. The third kappa shape index (κ3) is 4.05. The second-order valence-electron chi connectivity index (χ2n) is 5.53. The van der Waals surface area contributed by atoms with Crippen LogP contribution in [-0.2, 0) is 0 Å². The van der Waals surface area contributed by atoms with E-state index in [1.807, 2.05) is 0 Å². The zero-order chi connectivity index (χ0) is 11.5. The fraction of sp³-hybridized carbons (Fsp3) is 0.571. The number of nitrogens with one attached hydrogen (secondary N) is 1. The molecule has 1 atom stereocenters. The van der Waals surface area contributed by atoms with Crippen molar-refractivity contribution in [2.24, 2.45) is 5.92 Å². The summed E-state index contributed by atoms with van der Waals surface area (Å²) in [6, 6.07) is 11.1. The summed E-state index contributed by atoms with van der Waals surface area (Å²) in [7, 11) is 0. The first-order chi connectivity index (χ1) is 6.90. The molecule has 0 aliphatic heterocycles. The smallest absolute Gasteiger partial charge is 0.0347 e. The lowest BCUT2D eigenvalue weighted by Crippen LogP contribution is -2.40. The van der Waals surface area contributed by atoms with Crippen LogP contribution in [0.5, 0.6) is 0 Å². The molecule has 0 spiro atoms. The van der Waals surface area contributed by atoms with Crippen LogP contribution in [0.25, 0.3) is 0 Å². The molecule has 0 heterocycles. The predicted molar refractivity (Wildman–Crippen MR) is 66.9 cm³/mol. The van der Waals surface area contributed by atoms with Gasteiger partial charge in [0.05, 0.1) is 0 Å². The predicted octanol–water partition coefficient (Wildman–Crippen LogP) is 3.77. The molecule has 0 aliphatic carbocycles. The second-order valence-corrected chi connectivity index (χ2v) is 5.53. The van der Waals surface area contributed by atoms with Crippen LogP contribution >= 0.6 is 0 Å². The quantitative estimate of drug-likeness (QED) is 0.792. The third-order valence-electron chi connectivity index (χ3n) is 2.41. The monoisotopic (exact) mass is 205 g/mol. The molecule has 1 heteroatoms. The highest BCUT2D eigenvalue weighted by Crippen LogP contribution is 2.23. The molecule has 1 nitrogen and oxygen atoms in total. The molecule has 1 aromatic rings. The Hall–Kier alpha value is -0.820. The maximum Gasteiger partial charge on any atom is 0.0347 e. The molecule has 1 N–H and O–H groups in total. The molecule has 0 saturated heterocycles. The molecule has 0 fully saturated rings. The van der Waals surface area contributed by atoms with Crippen LogP contribution in [0.4, 0.5) is 0 Å². The van der Waals surface area contributed by atoms with Crippen LogP contribution in [0, 0.1) is 5.92 Å². The van der Waals surface area contributed by atoms with E-state index in [0.717, 1.165) is 0 Å². The Bertz CT molecular complexity index is 282. The van der Waals surface area contributed by atoms with Gasteiger partial charge in [-0.25, -0.2) is 0 Å². The fourth-order valence-corrected chi connectivity index (χ4v) is 1.76. The van der Waals surface area contributed by atoms with Crippen molar-refractivity contribution >= 4 is 0 Å². The van der Waals surface area contributed by atoms with Crippen LogP contribution in [0.3, 0.4) is 0 Å². The standard InChI is InChI=1S/C14H23N/c1-11(2)13(15-14(3,4)5)12-9-7-6-8-10-12/h6-11,13,15H,1-5H3. The lowest BCUT2D eigenvalue weighted by atomic mass is 9.93. The molecule has 0 bridgehead atoms. The summed E-state index contributed by atoms with van der Waals surface area (Å²) in [5.41, 5.74) is 1.53. The Balaban J connectivity index is 2.85. The van der Waals surface area contributed by atoms with E-state index in [4.69, 9.17) is 0 Å². The fourth-order valence-electron chi connectivity index (χ4n) is 1.76. The first-order valence-corrected chi connectivity index (χ1v) is 5.73.